The summed E-state index contributed by atoms with van der Waals surface area (Å²) in [5.74, 6) is 0. The average Bonchev–Trinajstić information content (AvgIpc) is 2.17. The molecule has 2 atom stereocenters. The highest BCUT2D eigenvalue weighted by atomic mass is 15.2. The van der Waals surface area contributed by atoms with Gasteiger partial charge >= 0.3 is 0 Å². The van der Waals surface area contributed by atoms with Gasteiger partial charge in [-0.25, -0.2) is 0 Å². The van der Waals surface area contributed by atoms with Gasteiger partial charge in [0, 0.05) is 19.1 Å². The van der Waals surface area contributed by atoms with Crippen molar-refractivity contribution >= 4 is 0 Å². The minimum atomic E-state index is 0.0688. The zero-order valence-electron chi connectivity index (χ0n) is 7.29. The third-order valence-electron chi connectivity index (χ3n) is 2.92. The standard InChI is InChI=1S/C9H15N3/c10-5-8-7-12-4-2-1-3-9(12)6-11-8/h8-9,11H,1-4,6-7H2/t8-,9-/m0/s1. The minimum absolute atomic E-state index is 0.0688. The Morgan fingerprint density at radius 1 is 1.42 bits per heavy atom. The number of nitrogens with one attached hydrogen (secondary N) is 1. The van der Waals surface area contributed by atoms with Crippen LogP contribution in [0.15, 0.2) is 0 Å². The molecule has 0 unspecified atom stereocenters. The Morgan fingerprint density at radius 2 is 2.33 bits per heavy atom. The van der Waals surface area contributed by atoms with Crippen molar-refractivity contribution in [3.05, 3.63) is 0 Å². The zero-order chi connectivity index (χ0) is 8.39. The molecule has 0 aromatic heterocycles. The summed E-state index contributed by atoms with van der Waals surface area (Å²) in [6, 6.07) is 3.06. The topological polar surface area (TPSA) is 39.1 Å². The fourth-order valence-electron chi connectivity index (χ4n) is 2.20. The fourth-order valence-corrected chi connectivity index (χ4v) is 2.20. The van der Waals surface area contributed by atoms with Crippen LogP contribution < -0.4 is 5.32 Å². The van der Waals surface area contributed by atoms with Crippen molar-refractivity contribution in [1.29, 1.82) is 5.26 Å². The van der Waals surface area contributed by atoms with E-state index in [1.165, 1.54) is 25.8 Å². The van der Waals surface area contributed by atoms with Gasteiger partial charge in [-0.15, -0.1) is 0 Å². The fraction of sp³-hybridized carbons (Fsp3) is 0.889. The predicted octanol–water partition coefficient (Wildman–Crippen LogP) is 0.336. The number of piperazine rings is 1. The number of hydrogen-bond donors (Lipinski definition) is 1. The molecule has 2 aliphatic heterocycles. The highest BCUT2D eigenvalue weighted by Gasteiger charge is 2.29. The van der Waals surface area contributed by atoms with Crippen LogP contribution in [0, 0.1) is 11.3 Å². The first-order valence-electron chi connectivity index (χ1n) is 4.77. The number of rotatable bonds is 0. The molecule has 3 heteroatoms. The van der Waals surface area contributed by atoms with Gasteiger partial charge < -0.3 is 0 Å². The number of hydrogen-bond acceptors (Lipinski definition) is 3. The summed E-state index contributed by atoms with van der Waals surface area (Å²) >= 11 is 0. The predicted molar refractivity (Wildman–Crippen MR) is 46.6 cm³/mol. The van der Waals surface area contributed by atoms with Crippen LogP contribution in [-0.4, -0.2) is 36.6 Å². The van der Waals surface area contributed by atoms with Gasteiger partial charge in [0.2, 0.25) is 0 Å². The summed E-state index contributed by atoms with van der Waals surface area (Å²) in [5.41, 5.74) is 0. The molecular formula is C9H15N3. The second-order valence-electron chi connectivity index (χ2n) is 3.73. The second kappa shape index (κ2) is 3.42. The summed E-state index contributed by atoms with van der Waals surface area (Å²) in [6.07, 6.45) is 3.99. The molecule has 2 rings (SSSR count). The maximum absolute atomic E-state index is 8.74. The first-order chi connectivity index (χ1) is 5.90. The second-order valence-corrected chi connectivity index (χ2v) is 3.73. The van der Waals surface area contributed by atoms with E-state index in [0.717, 1.165) is 13.1 Å². The van der Waals surface area contributed by atoms with Crippen LogP contribution in [0.4, 0.5) is 0 Å². The lowest BCUT2D eigenvalue weighted by molar-refractivity contribution is 0.107. The van der Waals surface area contributed by atoms with Crippen molar-refractivity contribution in [2.24, 2.45) is 0 Å². The van der Waals surface area contributed by atoms with E-state index in [0.29, 0.717) is 6.04 Å². The van der Waals surface area contributed by atoms with Gasteiger partial charge in [-0.05, 0) is 19.4 Å². The van der Waals surface area contributed by atoms with Crippen molar-refractivity contribution in [2.45, 2.75) is 31.3 Å². The van der Waals surface area contributed by atoms with Crippen molar-refractivity contribution in [2.75, 3.05) is 19.6 Å². The van der Waals surface area contributed by atoms with Gasteiger partial charge in [-0.2, -0.15) is 5.26 Å². The summed E-state index contributed by atoms with van der Waals surface area (Å²) in [5, 5.41) is 12.0. The van der Waals surface area contributed by atoms with E-state index in [9.17, 15) is 0 Å². The lowest BCUT2D eigenvalue weighted by Crippen LogP contribution is -2.57. The molecule has 1 N–H and O–H groups in total. The molecule has 2 saturated heterocycles. The van der Waals surface area contributed by atoms with Gasteiger partial charge in [0.1, 0.15) is 6.04 Å². The van der Waals surface area contributed by atoms with Crippen molar-refractivity contribution < 1.29 is 0 Å². The summed E-state index contributed by atoms with van der Waals surface area (Å²) < 4.78 is 0. The van der Waals surface area contributed by atoms with Gasteiger partial charge in [0.05, 0.1) is 6.07 Å². The molecule has 0 aromatic rings. The molecule has 12 heavy (non-hydrogen) atoms. The molecule has 0 radical (unpaired) electrons. The third-order valence-corrected chi connectivity index (χ3v) is 2.92. The molecule has 2 aliphatic rings. The first-order valence-corrected chi connectivity index (χ1v) is 4.77. The van der Waals surface area contributed by atoms with E-state index in [1.807, 2.05) is 0 Å². The Hall–Kier alpha value is -0.590. The molecule has 0 spiro atoms. The number of nitriles is 1. The van der Waals surface area contributed by atoms with Gasteiger partial charge in [-0.3, -0.25) is 10.2 Å². The molecule has 0 aliphatic carbocycles. The number of nitrogens with zero attached hydrogens (tertiary/aromatic N) is 2. The molecule has 0 bridgehead atoms. The van der Waals surface area contributed by atoms with Crippen molar-refractivity contribution in [3.63, 3.8) is 0 Å². The smallest absolute Gasteiger partial charge is 0.108 e. The highest BCUT2D eigenvalue weighted by Crippen LogP contribution is 2.18. The Labute approximate surface area is 73.3 Å². The average molecular weight is 165 g/mol. The number of piperidine rings is 1. The minimum Gasteiger partial charge on any atom is -0.299 e. The molecule has 66 valence electrons. The van der Waals surface area contributed by atoms with Crippen LogP contribution in [0.25, 0.3) is 0 Å². The summed E-state index contributed by atoms with van der Waals surface area (Å²) in [7, 11) is 0. The summed E-state index contributed by atoms with van der Waals surface area (Å²) in [6.45, 7) is 3.14. The molecule has 0 aromatic carbocycles. The lowest BCUT2D eigenvalue weighted by atomic mass is 9.99. The van der Waals surface area contributed by atoms with Gasteiger partial charge in [0.25, 0.3) is 0 Å². The number of fused-ring (bicyclic) bond motifs is 1. The Bertz CT molecular complexity index is 196. The molecule has 2 heterocycles. The van der Waals surface area contributed by atoms with Crippen LogP contribution in [0.5, 0.6) is 0 Å². The lowest BCUT2D eigenvalue weighted by Gasteiger charge is -2.41. The van der Waals surface area contributed by atoms with Crippen LogP contribution in [0.2, 0.25) is 0 Å². The van der Waals surface area contributed by atoms with Crippen LogP contribution in [-0.2, 0) is 0 Å². The third kappa shape index (κ3) is 1.45. The monoisotopic (exact) mass is 165 g/mol. The largest absolute Gasteiger partial charge is 0.299 e. The van der Waals surface area contributed by atoms with E-state index in [1.54, 1.807) is 0 Å². The maximum atomic E-state index is 8.74. The van der Waals surface area contributed by atoms with Crippen LogP contribution in [0.3, 0.4) is 0 Å². The Kier molecular flexibility index (Phi) is 2.29. The van der Waals surface area contributed by atoms with Crippen LogP contribution >= 0.6 is 0 Å². The Morgan fingerprint density at radius 3 is 3.17 bits per heavy atom. The van der Waals surface area contributed by atoms with E-state index in [-0.39, 0.29) is 6.04 Å². The van der Waals surface area contributed by atoms with Gasteiger partial charge in [0.15, 0.2) is 0 Å². The van der Waals surface area contributed by atoms with Crippen molar-refractivity contribution in [3.8, 4) is 6.07 Å². The van der Waals surface area contributed by atoms with Crippen LogP contribution in [0.1, 0.15) is 19.3 Å². The Balaban J connectivity index is 1.95. The van der Waals surface area contributed by atoms with Gasteiger partial charge in [-0.1, -0.05) is 6.42 Å². The van der Waals surface area contributed by atoms with E-state index >= 15 is 0 Å². The van der Waals surface area contributed by atoms with Crippen molar-refractivity contribution in [1.82, 2.24) is 10.2 Å². The quantitative estimate of drug-likeness (QED) is 0.562. The highest BCUT2D eigenvalue weighted by molar-refractivity contribution is 4.98. The summed E-state index contributed by atoms with van der Waals surface area (Å²) in [4.78, 5) is 2.47. The zero-order valence-corrected chi connectivity index (χ0v) is 7.29. The normalized spacial score (nSPS) is 36.9. The van der Waals surface area contributed by atoms with E-state index in [4.69, 9.17) is 5.26 Å². The molecule has 0 amide bonds. The SMILES string of the molecule is N#C[C@H]1CN2CCCC[C@H]2CN1. The first kappa shape index (κ1) is 8.03. The van der Waals surface area contributed by atoms with E-state index in [2.05, 4.69) is 16.3 Å². The molecule has 0 saturated carbocycles. The maximum Gasteiger partial charge on any atom is 0.108 e. The molecule has 2 fully saturated rings. The molecular weight excluding hydrogens is 150 g/mol. The van der Waals surface area contributed by atoms with E-state index < -0.39 is 0 Å². The molecule has 3 nitrogen and oxygen atoms in total.